The predicted octanol–water partition coefficient (Wildman–Crippen LogP) is 0.980. The summed E-state index contributed by atoms with van der Waals surface area (Å²) in [6.45, 7) is 3.58. The summed E-state index contributed by atoms with van der Waals surface area (Å²) < 4.78 is 0. The predicted molar refractivity (Wildman–Crippen MR) is 53.1 cm³/mol. The highest BCUT2D eigenvalue weighted by molar-refractivity contribution is 5.84. The Morgan fingerprint density at radius 3 is 2.21 bits per heavy atom. The molecule has 0 heterocycles. The third-order valence-electron chi connectivity index (χ3n) is 2.56. The summed E-state index contributed by atoms with van der Waals surface area (Å²) in [5.41, 5.74) is 4.89. The van der Waals surface area contributed by atoms with Gasteiger partial charge >= 0.3 is 0 Å². The van der Waals surface area contributed by atoms with E-state index in [0.29, 0.717) is 0 Å². The molecular formula is C10H18N2O2. The summed E-state index contributed by atoms with van der Waals surface area (Å²) >= 11 is 0. The van der Waals surface area contributed by atoms with E-state index in [2.05, 4.69) is 10.9 Å². The lowest BCUT2D eigenvalue weighted by molar-refractivity contribution is -0.132. The Balaban J connectivity index is 2.23. The molecule has 0 aromatic carbocycles. The van der Waals surface area contributed by atoms with Crippen LogP contribution in [-0.2, 0) is 9.59 Å². The maximum absolute atomic E-state index is 11.4. The molecule has 1 aliphatic carbocycles. The van der Waals surface area contributed by atoms with Gasteiger partial charge in [0.15, 0.2) is 0 Å². The van der Waals surface area contributed by atoms with E-state index in [1.807, 2.05) is 0 Å². The van der Waals surface area contributed by atoms with Crippen LogP contribution >= 0.6 is 0 Å². The third-order valence-corrected chi connectivity index (χ3v) is 2.56. The van der Waals surface area contributed by atoms with E-state index < -0.39 is 0 Å². The number of carbonyl (C=O) groups is 2. The summed E-state index contributed by atoms with van der Waals surface area (Å²) in [5.74, 6) is -0.186. The van der Waals surface area contributed by atoms with Gasteiger partial charge in [-0.3, -0.25) is 20.4 Å². The minimum Gasteiger partial charge on any atom is -0.273 e. The highest BCUT2D eigenvalue weighted by Gasteiger charge is 2.22. The molecule has 1 aliphatic rings. The second kappa shape index (κ2) is 4.98. The van der Waals surface area contributed by atoms with Crippen LogP contribution in [0.15, 0.2) is 0 Å². The fourth-order valence-electron chi connectivity index (χ4n) is 1.56. The van der Waals surface area contributed by atoms with Crippen molar-refractivity contribution < 1.29 is 9.59 Å². The smallest absolute Gasteiger partial charge is 0.241 e. The second-order valence-electron chi connectivity index (χ2n) is 4.11. The Morgan fingerprint density at radius 1 is 1.14 bits per heavy atom. The van der Waals surface area contributed by atoms with Gasteiger partial charge in [0.25, 0.3) is 0 Å². The number of hydrogen-bond acceptors (Lipinski definition) is 2. The lowest BCUT2D eigenvalue weighted by Gasteiger charge is -2.12. The van der Waals surface area contributed by atoms with E-state index in [0.717, 1.165) is 25.7 Å². The zero-order valence-corrected chi connectivity index (χ0v) is 8.80. The average Bonchev–Trinajstić information content (AvgIpc) is 2.66. The van der Waals surface area contributed by atoms with Gasteiger partial charge < -0.3 is 0 Å². The largest absolute Gasteiger partial charge is 0.273 e. The first kappa shape index (κ1) is 11.0. The van der Waals surface area contributed by atoms with Crippen LogP contribution < -0.4 is 10.9 Å². The molecule has 14 heavy (non-hydrogen) atoms. The Hall–Kier alpha value is -1.06. The Bertz CT molecular complexity index is 220. The van der Waals surface area contributed by atoms with Crippen molar-refractivity contribution in [3.8, 4) is 0 Å². The number of hydrogen-bond donors (Lipinski definition) is 2. The Labute approximate surface area is 84.4 Å². The lowest BCUT2D eigenvalue weighted by atomic mass is 10.1. The van der Waals surface area contributed by atoms with Gasteiger partial charge in [-0.1, -0.05) is 26.7 Å². The minimum absolute atomic E-state index is 0.0449. The van der Waals surface area contributed by atoms with E-state index in [4.69, 9.17) is 0 Å². The first-order valence-corrected chi connectivity index (χ1v) is 5.21. The van der Waals surface area contributed by atoms with E-state index in [1.54, 1.807) is 13.8 Å². The van der Waals surface area contributed by atoms with Gasteiger partial charge in [-0.15, -0.1) is 0 Å². The molecule has 0 saturated heterocycles. The van der Waals surface area contributed by atoms with Crippen LogP contribution in [0.3, 0.4) is 0 Å². The Morgan fingerprint density at radius 2 is 1.71 bits per heavy atom. The minimum atomic E-state index is -0.142. The van der Waals surface area contributed by atoms with Crippen molar-refractivity contribution >= 4 is 11.8 Å². The number of amides is 2. The molecular weight excluding hydrogens is 180 g/mol. The van der Waals surface area contributed by atoms with E-state index >= 15 is 0 Å². The molecule has 0 bridgehead atoms. The third kappa shape index (κ3) is 3.01. The van der Waals surface area contributed by atoms with Crippen molar-refractivity contribution in [1.29, 1.82) is 0 Å². The highest BCUT2D eigenvalue weighted by atomic mass is 16.2. The maximum atomic E-state index is 11.4. The van der Waals surface area contributed by atoms with Crippen molar-refractivity contribution in [2.24, 2.45) is 11.8 Å². The summed E-state index contributed by atoms with van der Waals surface area (Å²) in [4.78, 5) is 22.6. The molecule has 0 spiro atoms. The van der Waals surface area contributed by atoms with Crippen LogP contribution in [0.1, 0.15) is 39.5 Å². The van der Waals surface area contributed by atoms with Crippen molar-refractivity contribution in [1.82, 2.24) is 10.9 Å². The monoisotopic (exact) mass is 198 g/mol. The lowest BCUT2D eigenvalue weighted by Crippen LogP contribution is -2.45. The molecule has 0 aromatic rings. The van der Waals surface area contributed by atoms with Gasteiger partial charge in [-0.05, 0) is 12.8 Å². The summed E-state index contributed by atoms with van der Waals surface area (Å²) in [5, 5.41) is 0. The molecule has 0 radical (unpaired) electrons. The molecule has 2 amide bonds. The Kier molecular flexibility index (Phi) is 3.92. The van der Waals surface area contributed by atoms with Crippen LogP contribution in [0, 0.1) is 11.8 Å². The van der Waals surface area contributed by atoms with Crippen molar-refractivity contribution in [2.75, 3.05) is 0 Å². The SMILES string of the molecule is CC(C)C(=O)NNC(=O)C1CCCC1. The molecule has 0 atom stereocenters. The topological polar surface area (TPSA) is 58.2 Å². The quantitative estimate of drug-likeness (QED) is 0.650. The van der Waals surface area contributed by atoms with Crippen LogP contribution in [-0.4, -0.2) is 11.8 Å². The molecule has 80 valence electrons. The molecule has 4 heteroatoms. The maximum Gasteiger partial charge on any atom is 0.241 e. The van der Waals surface area contributed by atoms with E-state index in [1.165, 1.54) is 0 Å². The van der Waals surface area contributed by atoms with Gasteiger partial charge in [-0.25, -0.2) is 0 Å². The van der Waals surface area contributed by atoms with Crippen LogP contribution in [0.5, 0.6) is 0 Å². The fraction of sp³-hybridized carbons (Fsp3) is 0.800. The van der Waals surface area contributed by atoms with Crippen molar-refractivity contribution in [3.05, 3.63) is 0 Å². The molecule has 1 rings (SSSR count). The second-order valence-corrected chi connectivity index (χ2v) is 4.11. The molecule has 0 aromatic heterocycles. The normalized spacial score (nSPS) is 17.1. The van der Waals surface area contributed by atoms with Crippen LogP contribution in [0.2, 0.25) is 0 Å². The van der Waals surface area contributed by atoms with E-state index in [9.17, 15) is 9.59 Å². The molecule has 2 N–H and O–H groups in total. The molecule has 0 unspecified atom stereocenters. The number of nitrogens with one attached hydrogen (secondary N) is 2. The summed E-state index contributed by atoms with van der Waals surface area (Å²) in [6.07, 6.45) is 4.14. The molecule has 4 nitrogen and oxygen atoms in total. The standard InChI is InChI=1S/C10H18N2O2/c1-7(2)9(13)11-12-10(14)8-5-3-4-6-8/h7-8H,3-6H2,1-2H3,(H,11,13)(H,12,14). The number of hydrazine groups is 1. The fourth-order valence-corrected chi connectivity index (χ4v) is 1.56. The number of carbonyl (C=O) groups excluding carboxylic acids is 2. The zero-order valence-electron chi connectivity index (χ0n) is 8.80. The first-order chi connectivity index (χ1) is 6.61. The van der Waals surface area contributed by atoms with Crippen molar-refractivity contribution in [2.45, 2.75) is 39.5 Å². The van der Waals surface area contributed by atoms with Gasteiger partial charge in [0.1, 0.15) is 0 Å². The van der Waals surface area contributed by atoms with E-state index in [-0.39, 0.29) is 23.7 Å². The average molecular weight is 198 g/mol. The molecule has 0 aliphatic heterocycles. The highest BCUT2D eigenvalue weighted by Crippen LogP contribution is 2.24. The van der Waals surface area contributed by atoms with Crippen LogP contribution in [0.25, 0.3) is 0 Å². The zero-order chi connectivity index (χ0) is 10.6. The van der Waals surface area contributed by atoms with Crippen LogP contribution in [0.4, 0.5) is 0 Å². The molecule has 1 fully saturated rings. The van der Waals surface area contributed by atoms with Gasteiger partial charge in [0, 0.05) is 11.8 Å². The molecule has 1 saturated carbocycles. The summed E-state index contributed by atoms with van der Waals surface area (Å²) in [7, 11) is 0. The first-order valence-electron chi connectivity index (χ1n) is 5.21. The van der Waals surface area contributed by atoms with Gasteiger partial charge in [0.05, 0.1) is 0 Å². The number of rotatable bonds is 2. The van der Waals surface area contributed by atoms with Gasteiger partial charge in [0.2, 0.25) is 11.8 Å². The summed E-state index contributed by atoms with van der Waals surface area (Å²) in [6, 6.07) is 0. The van der Waals surface area contributed by atoms with Crippen molar-refractivity contribution in [3.63, 3.8) is 0 Å². The van der Waals surface area contributed by atoms with Gasteiger partial charge in [-0.2, -0.15) is 0 Å².